The number of halogens is 2. The second-order valence-electron chi connectivity index (χ2n) is 4.19. The van der Waals surface area contributed by atoms with Gasteiger partial charge in [-0.25, -0.2) is 0 Å². The zero-order valence-electron chi connectivity index (χ0n) is 8.72. The van der Waals surface area contributed by atoms with Crippen LogP contribution in [0.2, 0.25) is 4.34 Å². The second kappa shape index (κ2) is 5.17. The molecule has 0 aromatic carbocycles. The zero-order valence-corrected chi connectivity index (χ0v) is 11.9. The maximum atomic E-state index is 5.99. The van der Waals surface area contributed by atoms with E-state index >= 15 is 0 Å². The predicted octanol–water partition coefficient (Wildman–Crippen LogP) is 4.44. The summed E-state index contributed by atoms with van der Waals surface area (Å²) in [6.07, 6.45) is 4.19. The number of thiophene rings is 1. The van der Waals surface area contributed by atoms with Gasteiger partial charge in [0.1, 0.15) is 4.34 Å². The van der Waals surface area contributed by atoms with Gasteiger partial charge < -0.3 is 5.32 Å². The molecule has 0 saturated heterocycles. The van der Waals surface area contributed by atoms with E-state index in [4.69, 9.17) is 11.6 Å². The van der Waals surface area contributed by atoms with Gasteiger partial charge in [-0.05, 0) is 47.7 Å². The lowest BCUT2D eigenvalue weighted by Crippen LogP contribution is -2.36. The van der Waals surface area contributed by atoms with Gasteiger partial charge in [0.05, 0.1) is 0 Å². The van der Waals surface area contributed by atoms with Crippen molar-refractivity contribution in [2.75, 3.05) is 0 Å². The molecule has 84 valence electrons. The average Bonchev–Trinajstić information content (AvgIpc) is 2.40. The van der Waals surface area contributed by atoms with E-state index in [2.05, 4.69) is 34.2 Å². The highest BCUT2D eigenvalue weighted by Gasteiger charge is 2.23. The molecule has 4 heteroatoms. The van der Waals surface area contributed by atoms with Gasteiger partial charge >= 0.3 is 0 Å². The molecule has 1 heterocycles. The monoisotopic (exact) mass is 307 g/mol. The largest absolute Gasteiger partial charge is 0.309 e. The van der Waals surface area contributed by atoms with E-state index in [0.717, 1.165) is 21.3 Å². The first-order valence-electron chi connectivity index (χ1n) is 5.34. The summed E-state index contributed by atoms with van der Waals surface area (Å²) >= 11 is 11.1. The highest BCUT2D eigenvalue weighted by Crippen LogP contribution is 2.33. The maximum absolute atomic E-state index is 5.99. The lowest BCUT2D eigenvalue weighted by Gasteiger charge is -2.31. The van der Waals surface area contributed by atoms with E-state index in [1.807, 2.05) is 0 Å². The van der Waals surface area contributed by atoms with Gasteiger partial charge in [-0.3, -0.25) is 0 Å². The summed E-state index contributed by atoms with van der Waals surface area (Å²) in [5.41, 5.74) is 0. The third-order valence-corrected chi connectivity index (χ3v) is 5.63. The Hall–Kier alpha value is 0.430. The van der Waals surface area contributed by atoms with Gasteiger partial charge in [0.2, 0.25) is 0 Å². The molecule has 0 aliphatic heterocycles. The van der Waals surface area contributed by atoms with Crippen molar-refractivity contribution in [1.82, 2.24) is 5.32 Å². The quantitative estimate of drug-likeness (QED) is 0.867. The van der Waals surface area contributed by atoms with E-state index in [9.17, 15) is 0 Å². The third kappa shape index (κ3) is 2.96. The van der Waals surface area contributed by atoms with Crippen molar-refractivity contribution in [3.63, 3.8) is 0 Å². The molecule has 15 heavy (non-hydrogen) atoms. The van der Waals surface area contributed by atoms with Crippen molar-refractivity contribution in [2.24, 2.45) is 5.92 Å². The molecule has 1 atom stereocenters. The Bertz CT molecular complexity index is 316. The van der Waals surface area contributed by atoms with Gasteiger partial charge in [0.25, 0.3) is 0 Å². The third-order valence-electron chi connectivity index (χ3n) is 3.15. The Balaban J connectivity index is 1.81. The summed E-state index contributed by atoms with van der Waals surface area (Å²) in [6.45, 7) is 3.22. The van der Waals surface area contributed by atoms with E-state index in [-0.39, 0.29) is 0 Å². The SMILES string of the molecule is CC(NCc1cc(Br)c(Cl)s1)C1CCC1. The Morgan fingerprint density at radius 2 is 2.40 bits per heavy atom. The fraction of sp³-hybridized carbons (Fsp3) is 0.636. The minimum atomic E-state index is 0.637. The molecule has 1 aromatic heterocycles. The van der Waals surface area contributed by atoms with Gasteiger partial charge in [0.15, 0.2) is 0 Å². The van der Waals surface area contributed by atoms with Crippen molar-refractivity contribution in [3.8, 4) is 0 Å². The topological polar surface area (TPSA) is 12.0 Å². The van der Waals surface area contributed by atoms with E-state index in [1.54, 1.807) is 11.3 Å². The molecule has 1 aliphatic rings. The highest BCUT2D eigenvalue weighted by atomic mass is 79.9. The predicted molar refractivity (Wildman–Crippen MR) is 70.7 cm³/mol. The molecule has 2 rings (SSSR count). The average molecular weight is 309 g/mol. The normalized spacial score (nSPS) is 18.9. The number of rotatable bonds is 4. The van der Waals surface area contributed by atoms with Gasteiger partial charge in [-0.15, -0.1) is 11.3 Å². The first-order valence-corrected chi connectivity index (χ1v) is 7.32. The van der Waals surface area contributed by atoms with Crippen molar-refractivity contribution < 1.29 is 0 Å². The first-order chi connectivity index (χ1) is 7.16. The van der Waals surface area contributed by atoms with Crippen LogP contribution in [0.15, 0.2) is 10.5 Å². The lowest BCUT2D eigenvalue weighted by atomic mass is 9.80. The van der Waals surface area contributed by atoms with Crippen LogP contribution < -0.4 is 5.32 Å². The molecule has 0 amide bonds. The number of hydrogen-bond donors (Lipinski definition) is 1. The van der Waals surface area contributed by atoms with Crippen LogP contribution in [0, 0.1) is 5.92 Å². The van der Waals surface area contributed by atoms with Crippen molar-refractivity contribution >= 4 is 38.9 Å². The van der Waals surface area contributed by atoms with Crippen molar-refractivity contribution in [3.05, 3.63) is 19.8 Å². The Morgan fingerprint density at radius 1 is 1.67 bits per heavy atom. The summed E-state index contributed by atoms with van der Waals surface area (Å²) in [7, 11) is 0. The van der Waals surface area contributed by atoms with Gasteiger partial charge in [0, 0.05) is 21.9 Å². The molecule has 1 fully saturated rings. The minimum Gasteiger partial charge on any atom is -0.309 e. The molecule has 1 unspecified atom stereocenters. The smallest absolute Gasteiger partial charge is 0.107 e. The molecule has 1 nitrogen and oxygen atoms in total. The molecule has 1 saturated carbocycles. The molecule has 0 spiro atoms. The molecule has 0 bridgehead atoms. The molecule has 1 aromatic rings. The highest BCUT2D eigenvalue weighted by molar-refractivity contribution is 9.10. The Labute approximate surface area is 108 Å². The van der Waals surface area contributed by atoms with Crippen molar-refractivity contribution in [1.29, 1.82) is 0 Å². The maximum Gasteiger partial charge on any atom is 0.107 e. The van der Waals surface area contributed by atoms with Crippen LogP contribution in [-0.4, -0.2) is 6.04 Å². The molecule has 1 aliphatic carbocycles. The molecule has 1 N–H and O–H groups in total. The first kappa shape index (κ1) is 11.9. The Kier molecular flexibility index (Phi) is 4.10. The fourth-order valence-electron chi connectivity index (χ4n) is 1.85. The molecule has 0 radical (unpaired) electrons. The molecular formula is C11H15BrClNS. The van der Waals surface area contributed by atoms with Crippen LogP contribution in [0.4, 0.5) is 0 Å². The van der Waals surface area contributed by atoms with E-state index in [0.29, 0.717) is 6.04 Å². The molecular weight excluding hydrogens is 294 g/mol. The fourth-order valence-corrected chi connectivity index (χ4v) is 3.59. The van der Waals surface area contributed by atoms with Crippen LogP contribution in [-0.2, 0) is 6.54 Å². The summed E-state index contributed by atoms with van der Waals surface area (Å²) in [5, 5.41) is 3.57. The minimum absolute atomic E-state index is 0.637. The summed E-state index contributed by atoms with van der Waals surface area (Å²) in [5.74, 6) is 0.892. The van der Waals surface area contributed by atoms with Crippen LogP contribution in [0.1, 0.15) is 31.1 Å². The van der Waals surface area contributed by atoms with Crippen LogP contribution in [0.5, 0.6) is 0 Å². The summed E-state index contributed by atoms with van der Waals surface area (Å²) < 4.78 is 1.87. The van der Waals surface area contributed by atoms with Crippen LogP contribution in [0.25, 0.3) is 0 Å². The second-order valence-corrected chi connectivity index (χ2v) is 6.79. The zero-order chi connectivity index (χ0) is 10.8. The standard InChI is InChI=1S/C11H15BrClNS/c1-7(8-3-2-4-8)14-6-9-5-10(12)11(13)15-9/h5,7-8,14H,2-4,6H2,1H3. The lowest BCUT2D eigenvalue weighted by molar-refractivity contribution is 0.240. The van der Waals surface area contributed by atoms with E-state index in [1.165, 1.54) is 24.1 Å². The number of nitrogens with one attached hydrogen (secondary N) is 1. The van der Waals surface area contributed by atoms with Gasteiger partial charge in [-0.2, -0.15) is 0 Å². The van der Waals surface area contributed by atoms with Crippen LogP contribution >= 0.6 is 38.9 Å². The van der Waals surface area contributed by atoms with E-state index < -0.39 is 0 Å². The summed E-state index contributed by atoms with van der Waals surface area (Å²) in [4.78, 5) is 1.30. The Morgan fingerprint density at radius 3 is 2.87 bits per heavy atom. The van der Waals surface area contributed by atoms with Gasteiger partial charge in [-0.1, -0.05) is 18.0 Å². The summed E-state index contributed by atoms with van der Waals surface area (Å²) in [6, 6.07) is 2.74. The van der Waals surface area contributed by atoms with Crippen molar-refractivity contribution in [2.45, 2.75) is 38.8 Å². The number of hydrogen-bond acceptors (Lipinski definition) is 2. The van der Waals surface area contributed by atoms with Crippen LogP contribution in [0.3, 0.4) is 0 Å².